The highest BCUT2D eigenvalue weighted by Crippen LogP contribution is 2.32. The summed E-state index contributed by atoms with van der Waals surface area (Å²) in [4.78, 5) is 2.40. The summed E-state index contributed by atoms with van der Waals surface area (Å²) in [5.74, 6) is 0.417. The topological polar surface area (TPSA) is 23.5 Å². The van der Waals surface area contributed by atoms with Crippen molar-refractivity contribution < 1.29 is 5.11 Å². The molecule has 0 aliphatic heterocycles. The Morgan fingerprint density at radius 2 is 1.88 bits per heavy atom. The van der Waals surface area contributed by atoms with Crippen molar-refractivity contribution in [2.24, 2.45) is 0 Å². The normalized spacial score (nSPS) is 19.2. The molecule has 1 aromatic carbocycles. The van der Waals surface area contributed by atoms with Gasteiger partial charge in [0.15, 0.2) is 0 Å². The summed E-state index contributed by atoms with van der Waals surface area (Å²) in [6, 6.07) is 8.65. The van der Waals surface area contributed by atoms with Crippen LogP contribution in [-0.2, 0) is 0 Å². The zero-order chi connectivity index (χ0) is 11.5. The third-order valence-electron chi connectivity index (χ3n) is 3.90. The fourth-order valence-electron chi connectivity index (χ4n) is 2.69. The average Bonchev–Trinajstić information content (AvgIpc) is 2.81. The van der Waals surface area contributed by atoms with Crippen molar-refractivity contribution in [3.05, 3.63) is 29.8 Å². The Morgan fingerprint density at radius 3 is 2.50 bits per heavy atom. The number of nitrogens with zero attached hydrogens (tertiary/aromatic N) is 1. The van der Waals surface area contributed by atoms with Crippen molar-refractivity contribution in [2.75, 3.05) is 7.05 Å². The maximum atomic E-state index is 9.85. The smallest absolute Gasteiger partial charge is 0.120 e. The van der Waals surface area contributed by atoms with E-state index in [2.05, 4.69) is 18.9 Å². The molecule has 88 valence electrons. The monoisotopic (exact) mass is 219 g/mol. The van der Waals surface area contributed by atoms with Gasteiger partial charge in [0.2, 0.25) is 0 Å². The molecule has 1 N–H and O–H groups in total. The van der Waals surface area contributed by atoms with Gasteiger partial charge in [0.25, 0.3) is 0 Å². The zero-order valence-corrected chi connectivity index (χ0v) is 10.2. The van der Waals surface area contributed by atoms with Gasteiger partial charge in [-0.05, 0) is 32.9 Å². The van der Waals surface area contributed by atoms with Gasteiger partial charge in [-0.1, -0.05) is 31.0 Å². The number of rotatable bonds is 3. The van der Waals surface area contributed by atoms with Crippen molar-refractivity contribution in [3.63, 3.8) is 0 Å². The maximum absolute atomic E-state index is 9.85. The largest absolute Gasteiger partial charge is 0.508 e. The zero-order valence-electron chi connectivity index (χ0n) is 10.2. The first-order valence-corrected chi connectivity index (χ1v) is 6.20. The lowest BCUT2D eigenvalue weighted by atomic mass is 10.0. The molecule has 2 nitrogen and oxygen atoms in total. The number of phenols is 1. The molecule has 0 saturated heterocycles. The molecule has 1 saturated carbocycles. The van der Waals surface area contributed by atoms with Crippen molar-refractivity contribution in [1.82, 2.24) is 4.90 Å². The van der Waals surface area contributed by atoms with E-state index in [0.717, 1.165) is 5.56 Å². The first kappa shape index (κ1) is 11.5. The average molecular weight is 219 g/mol. The van der Waals surface area contributed by atoms with E-state index in [1.165, 1.54) is 25.7 Å². The van der Waals surface area contributed by atoms with Crippen LogP contribution in [0, 0.1) is 0 Å². The van der Waals surface area contributed by atoms with Gasteiger partial charge >= 0.3 is 0 Å². The van der Waals surface area contributed by atoms with E-state index in [1.807, 2.05) is 18.2 Å². The summed E-state index contributed by atoms with van der Waals surface area (Å²) in [6.07, 6.45) is 5.30. The van der Waals surface area contributed by atoms with Crippen LogP contribution in [0.1, 0.15) is 44.2 Å². The molecule has 1 fully saturated rings. The Bertz CT molecular complexity index is 344. The van der Waals surface area contributed by atoms with Crippen molar-refractivity contribution in [2.45, 2.75) is 44.7 Å². The van der Waals surface area contributed by atoms with Gasteiger partial charge in [-0.3, -0.25) is 4.90 Å². The van der Waals surface area contributed by atoms with Crippen LogP contribution in [0.5, 0.6) is 5.75 Å². The van der Waals surface area contributed by atoms with Crippen LogP contribution in [0.25, 0.3) is 0 Å². The molecule has 1 atom stereocenters. The molecule has 2 rings (SSSR count). The molecule has 0 bridgehead atoms. The van der Waals surface area contributed by atoms with E-state index in [1.54, 1.807) is 6.07 Å². The molecule has 1 aliphatic carbocycles. The maximum Gasteiger partial charge on any atom is 0.120 e. The predicted molar refractivity (Wildman–Crippen MR) is 66.5 cm³/mol. The predicted octanol–water partition coefficient (Wildman–Crippen LogP) is 3.33. The minimum Gasteiger partial charge on any atom is -0.508 e. The Morgan fingerprint density at radius 1 is 1.25 bits per heavy atom. The lowest BCUT2D eigenvalue weighted by Crippen LogP contribution is -2.31. The van der Waals surface area contributed by atoms with E-state index in [4.69, 9.17) is 0 Å². The van der Waals surface area contributed by atoms with Gasteiger partial charge in [0, 0.05) is 17.6 Å². The lowest BCUT2D eigenvalue weighted by Gasteiger charge is -2.31. The molecule has 1 unspecified atom stereocenters. The van der Waals surface area contributed by atoms with E-state index in [-0.39, 0.29) is 0 Å². The minimum atomic E-state index is 0.296. The fourth-order valence-corrected chi connectivity index (χ4v) is 2.69. The minimum absolute atomic E-state index is 0.296. The molecular weight excluding hydrogens is 198 g/mol. The lowest BCUT2D eigenvalue weighted by molar-refractivity contribution is 0.185. The number of hydrogen-bond acceptors (Lipinski definition) is 2. The molecular formula is C14H21NO. The van der Waals surface area contributed by atoms with Gasteiger partial charge < -0.3 is 5.11 Å². The van der Waals surface area contributed by atoms with Crippen LogP contribution in [0.15, 0.2) is 24.3 Å². The molecule has 0 radical (unpaired) electrons. The van der Waals surface area contributed by atoms with Crippen molar-refractivity contribution in [1.29, 1.82) is 0 Å². The Kier molecular flexibility index (Phi) is 3.49. The molecule has 0 aromatic heterocycles. The summed E-state index contributed by atoms with van der Waals surface area (Å²) in [5.41, 5.74) is 1.04. The van der Waals surface area contributed by atoms with Gasteiger partial charge in [0.1, 0.15) is 5.75 Å². The summed E-state index contributed by atoms with van der Waals surface area (Å²) in [5, 5.41) is 9.85. The summed E-state index contributed by atoms with van der Waals surface area (Å²) >= 11 is 0. The van der Waals surface area contributed by atoms with E-state index >= 15 is 0 Å². The first-order chi connectivity index (χ1) is 7.70. The van der Waals surface area contributed by atoms with Crippen LogP contribution in [0.3, 0.4) is 0 Å². The van der Waals surface area contributed by atoms with Crippen LogP contribution >= 0.6 is 0 Å². The van der Waals surface area contributed by atoms with Gasteiger partial charge in [0.05, 0.1) is 0 Å². The standard InChI is InChI=1S/C14H21NO/c1-11(13-9-5-6-10-14(13)16)15(2)12-7-3-4-8-12/h5-6,9-12,16H,3-4,7-8H2,1-2H3. The first-order valence-electron chi connectivity index (χ1n) is 6.20. The second kappa shape index (κ2) is 4.88. The number of para-hydroxylation sites is 1. The summed E-state index contributed by atoms with van der Waals surface area (Å²) in [7, 11) is 2.17. The molecule has 16 heavy (non-hydrogen) atoms. The molecule has 1 aliphatic rings. The van der Waals surface area contributed by atoms with Crippen LogP contribution in [0.4, 0.5) is 0 Å². The van der Waals surface area contributed by atoms with Gasteiger partial charge in [-0.15, -0.1) is 0 Å². The van der Waals surface area contributed by atoms with Crippen LogP contribution < -0.4 is 0 Å². The van der Waals surface area contributed by atoms with Crippen LogP contribution in [-0.4, -0.2) is 23.1 Å². The number of phenolic OH excluding ortho intramolecular Hbond substituents is 1. The van der Waals surface area contributed by atoms with E-state index in [9.17, 15) is 5.11 Å². The molecule has 2 heteroatoms. The van der Waals surface area contributed by atoms with E-state index in [0.29, 0.717) is 17.8 Å². The number of aromatic hydroxyl groups is 1. The SMILES string of the molecule is CC(c1ccccc1O)N(C)C1CCCC1. The molecule has 1 aromatic rings. The second-order valence-electron chi connectivity index (χ2n) is 4.84. The van der Waals surface area contributed by atoms with Gasteiger partial charge in [-0.2, -0.15) is 0 Å². The third-order valence-corrected chi connectivity index (χ3v) is 3.90. The Balaban J connectivity index is 2.11. The molecule has 0 amide bonds. The second-order valence-corrected chi connectivity index (χ2v) is 4.84. The Labute approximate surface area is 97.9 Å². The summed E-state index contributed by atoms with van der Waals surface area (Å²) in [6.45, 7) is 2.17. The highest BCUT2D eigenvalue weighted by atomic mass is 16.3. The van der Waals surface area contributed by atoms with Crippen molar-refractivity contribution >= 4 is 0 Å². The van der Waals surface area contributed by atoms with Gasteiger partial charge in [-0.25, -0.2) is 0 Å². The van der Waals surface area contributed by atoms with E-state index < -0.39 is 0 Å². The highest BCUT2D eigenvalue weighted by molar-refractivity contribution is 5.34. The quantitative estimate of drug-likeness (QED) is 0.843. The summed E-state index contributed by atoms with van der Waals surface area (Å²) < 4.78 is 0. The molecule has 0 spiro atoms. The molecule has 0 heterocycles. The fraction of sp³-hybridized carbons (Fsp3) is 0.571. The van der Waals surface area contributed by atoms with Crippen LogP contribution in [0.2, 0.25) is 0 Å². The highest BCUT2D eigenvalue weighted by Gasteiger charge is 2.24. The Hall–Kier alpha value is -1.02. The number of hydrogen-bond donors (Lipinski definition) is 1. The van der Waals surface area contributed by atoms with Crippen molar-refractivity contribution in [3.8, 4) is 5.75 Å². The third kappa shape index (κ3) is 2.22. The number of benzene rings is 1.